The maximum atomic E-state index is 11.5. The number of piperidine rings is 1. The molecule has 5 nitrogen and oxygen atoms in total. The predicted molar refractivity (Wildman–Crippen MR) is 90.8 cm³/mol. The molecule has 0 spiro atoms. The Morgan fingerprint density at radius 3 is 2.78 bits per heavy atom. The third-order valence-electron chi connectivity index (χ3n) is 4.45. The normalized spacial score (nSPS) is 21.1. The monoisotopic (exact) mass is 320 g/mol. The van der Waals surface area contributed by atoms with Crippen molar-refractivity contribution < 1.29 is 14.3 Å². The second-order valence-electron chi connectivity index (χ2n) is 6.14. The molecule has 2 unspecified atom stereocenters. The van der Waals surface area contributed by atoms with Gasteiger partial charge in [0.1, 0.15) is 0 Å². The van der Waals surface area contributed by atoms with Crippen LogP contribution in [0.3, 0.4) is 0 Å². The number of nitrogens with one attached hydrogen (secondary N) is 1. The molecular formula is C18H28N2O3. The van der Waals surface area contributed by atoms with Gasteiger partial charge in [0.2, 0.25) is 5.91 Å². The topological polar surface area (TPSA) is 50.8 Å². The number of amides is 1. The lowest BCUT2D eigenvalue weighted by Gasteiger charge is -2.37. The van der Waals surface area contributed by atoms with E-state index in [0.29, 0.717) is 18.6 Å². The molecule has 1 aliphatic heterocycles. The van der Waals surface area contributed by atoms with Gasteiger partial charge in [-0.2, -0.15) is 0 Å². The van der Waals surface area contributed by atoms with Gasteiger partial charge in [-0.3, -0.25) is 4.79 Å². The quantitative estimate of drug-likeness (QED) is 0.875. The molecule has 1 aromatic rings. The summed E-state index contributed by atoms with van der Waals surface area (Å²) in [5.74, 6) is 2.18. The van der Waals surface area contributed by atoms with E-state index in [4.69, 9.17) is 9.47 Å². The number of ether oxygens (including phenoxy) is 2. The molecule has 1 aliphatic rings. The minimum atomic E-state index is 0.173. The van der Waals surface area contributed by atoms with Gasteiger partial charge in [0.25, 0.3) is 0 Å². The van der Waals surface area contributed by atoms with Crippen molar-refractivity contribution in [3.8, 4) is 11.5 Å². The summed E-state index contributed by atoms with van der Waals surface area (Å²) in [7, 11) is 1.65. The molecule has 1 aromatic carbocycles. The SMILES string of the molecule is CCOc1cc(CNC2CCN(C(C)=O)CC2C)ccc1OC. The second kappa shape index (κ2) is 8.20. The van der Waals surface area contributed by atoms with Crippen LogP contribution in [0.1, 0.15) is 32.8 Å². The lowest BCUT2D eigenvalue weighted by molar-refractivity contribution is -0.130. The van der Waals surface area contributed by atoms with E-state index in [1.54, 1.807) is 14.0 Å². The number of nitrogens with zero attached hydrogens (tertiary/aromatic N) is 1. The number of carbonyl (C=O) groups is 1. The Labute approximate surface area is 139 Å². The molecule has 1 fully saturated rings. The van der Waals surface area contributed by atoms with Crippen LogP contribution in [0.25, 0.3) is 0 Å². The third kappa shape index (κ3) is 4.61. The molecule has 5 heteroatoms. The molecule has 1 saturated heterocycles. The summed E-state index contributed by atoms with van der Waals surface area (Å²) in [5, 5.41) is 3.62. The standard InChI is InChI=1S/C18H28N2O3/c1-5-23-18-10-15(6-7-17(18)22-4)11-19-16-8-9-20(14(3)21)12-13(16)2/h6-7,10,13,16,19H,5,8-9,11-12H2,1-4H3. The fraction of sp³-hybridized carbons (Fsp3) is 0.611. The van der Waals surface area contributed by atoms with Gasteiger partial charge in [0.05, 0.1) is 13.7 Å². The summed E-state index contributed by atoms with van der Waals surface area (Å²) >= 11 is 0. The van der Waals surface area contributed by atoms with Gasteiger partial charge >= 0.3 is 0 Å². The molecule has 0 saturated carbocycles. The van der Waals surface area contributed by atoms with Crippen LogP contribution in [-0.2, 0) is 11.3 Å². The van der Waals surface area contributed by atoms with Gasteiger partial charge in [-0.15, -0.1) is 0 Å². The molecule has 0 aliphatic carbocycles. The first-order valence-electron chi connectivity index (χ1n) is 8.33. The zero-order valence-electron chi connectivity index (χ0n) is 14.6. The average Bonchev–Trinajstić information content (AvgIpc) is 2.54. The van der Waals surface area contributed by atoms with E-state index in [0.717, 1.165) is 37.6 Å². The highest BCUT2D eigenvalue weighted by Crippen LogP contribution is 2.28. The minimum Gasteiger partial charge on any atom is -0.493 e. The number of likely N-dealkylation sites (tertiary alicyclic amines) is 1. The minimum absolute atomic E-state index is 0.173. The molecule has 2 atom stereocenters. The van der Waals surface area contributed by atoms with Crippen molar-refractivity contribution >= 4 is 5.91 Å². The summed E-state index contributed by atoms with van der Waals surface area (Å²) in [6.45, 7) is 8.89. The van der Waals surface area contributed by atoms with Gasteiger partial charge in [0, 0.05) is 32.6 Å². The first kappa shape index (κ1) is 17.6. The van der Waals surface area contributed by atoms with Crippen LogP contribution >= 0.6 is 0 Å². The highest BCUT2D eigenvalue weighted by atomic mass is 16.5. The molecule has 0 radical (unpaired) electrons. The van der Waals surface area contributed by atoms with Crippen molar-refractivity contribution in [3.63, 3.8) is 0 Å². The molecular weight excluding hydrogens is 292 g/mol. The van der Waals surface area contributed by atoms with Crippen molar-refractivity contribution in [2.75, 3.05) is 26.8 Å². The Morgan fingerprint density at radius 1 is 1.39 bits per heavy atom. The van der Waals surface area contributed by atoms with E-state index in [-0.39, 0.29) is 5.91 Å². The number of hydrogen-bond acceptors (Lipinski definition) is 4. The van der Waals surface area contributed by atoms with E-state index in [1.807, 2.05) is 24.0 Å². The lowest BCUT2D eigenvalue weighted by atomic mass is 9.93. The Hall–Kier alpha value is -1.75. The summed E-state index contributed by atoms with van der Waals surface area (Å²) in [6, 6.07) is 6.47. The maximum absolute atomic E-state index is 11.5. The fourth-order valence-electron chi connectivity index (χ4n) is 3.08. The zero-order chi connectivity index (χ0) is 16.8. The Bertz CT molecular complexity index is 533. The molecule has 1 amide bonds. The number of carbonyl (C=O) groups excluding carboxylic acids is 1. The van der Waals surface area contributed by atoms with Gasteiger partial charge in [0.15, 0.2) is 11.5 Å². The van der Waals surface area contributed by atoms with Crippen LogP contribution < -0.4 is 14.8 Å². The van der Waals surface area contributed by atoms with E-state index in [9.17, 15) is 4.79 Å². The second-order valence-corrected chi connectivity index (χ2v) is 6.14. The lowest BCUT2D eigenvalue weighted by Crippen LogP contribution is -2.49. The Balaban J connectivity index is 1.93. The van der Waals surface area contributed by atoms with Crippen molar-refractivity contribution in [2.45, 2.75) is 39.8 Å². The predicted octanol–water partition coefficient (Wildman–Crippen LogP) is 2.44. The molecule has 1 heterocycles. The summed E-state index contributed by atoms with van der Waals surface area (Å²) in [6.07, 6.45) is 0.995. The van der Waals surface area contributed by atoms with Gasteiger partial charge in [-0.05, 0) is 37.0 Å². The van der Waals surface area contributed by atoms with Crippen molar-refractivity contribution in [1.29, 1.82) is 0 Å². The van der Waals surface area contributed by atoms with Gasteiger partial charge in [-0.25, -0.2) is 0 Å². The molecule has 1 N–H and O–H groups in total. The smallest absolute Gasteiger partial charge is 0.219 e. The third-order valence-corrected chi connectivity index (χ3v) is 4.45. The maximum Gasteiger partial charge on any atom is 0.219 e. The zero-order valence-corrected chi connectivity index (χ0v) is 14.6. The van der Waals surface area contributed by atoms with Crippen LogP contribution in [0.4, 0.5) is 0 Å². The van der Waals surface area contributed by atoms with Crippen LogP contribution in [0.15, 0.2) is 18.2 Å². The Morgan fingerprint density at radius 2 is 2.17 bits per heavy atom. The first-order valence-corrected chi connectivity index (χ1v) is 8.33. The number of rotatable bonds is 6. The molecule has 0 bridgehead atoms. The molecule has 2 rings (SSSR count). The average molecular weight is 320 g/mol. The van der Waals surface area contributed by atoms with Gasteiger partial charge in [-0.1, -0.05) is 13.0 Å². The molecule has 23 heavy (non-hydrogen) atoms. The van der Waals surface area contributed by atoms with Crippen LogP contribution in [0.5, 0.6) is 11.5 Å². The van der Waals surface area contributed by atoms with Crippen LogP contribution in [-0.4, -0.2) is 43.7 Å². The summed E-state index contributed by atoms with van der Waals surface area (Å²) < 4.78 is 10.9. The first-order chi connectivity index (χ1) is 11.0. The van der Waals surface area contributed by atoms with Crippen molar-refractivity contribution in [3.05, 3.63) is 23.8 Å². The highest BCUT2D eigenvalue weighted by molar-refractivity contribution is 5.73. The van der Waals surface area contributed by atoms with E-state index >= 15 is 0 Å². The van der Waals surface area contributed by atoms with Crippen LogP contribution in [0, 0.1) is 5.92 Å². The van der Waals surface area contributed by atoms with Crippen molar-refractivity contribution in [2.24, 2.45) is 5.92 Å². The number of hydrogen-bond donors (Lipinski definition) is 1. The highest BCUT2D eigenvalue weighted by Gasteiger charge is 2.26. The largest absolute Gasteiger partial charge is 0.493 e. The van der Waals surface area contributed by atoms with Crippen molar-refractivity contribution in [1.82, 2.24) is 10.2 Å². The molecule has 128 valence electrons. The van der Waals surface area contributed by atoms with E-state index in [1.165, 1.54) is 5.56 Å². The fourth-order valence-corrected chi connectivity index (χ4v) is 3.08. The summed E-state index contributed by atoms with van der Waals surface area (Å²) in [4.78, 5) is 13.4. The Kier molecular flexibility index (Phi) is 6.28. The number of methoxy groups -OCH3 is 1. The van der Waals surface area contributed by atoms with Crippen LogP contribution in [0.2, 0.25) is 0 Å². The number of benzene rings is 1. The summed E-state index contributed by atoms with van der Waals surface area (Å²) in [5.41, 5.74) is 1.18. The van der Waals surface area contributed by atoms with E-state index in [2.05, 4.69) is 18.3 Å². The van der Waals surface area contributed by atoms with E-state index < -0.39 is 0 Å². The van der Waals surface area contributed by atoms with Gasteiger partial charge < -0.3 is 19.7 Å². The molecule has 0 aromatic heterocycles.